The van der Waals surface area contributed by atoms with Crippen molar-refractivity contribution in [3.05, 3.63) is 118 Å². The fourth-order valence-corrected chi connectivity index (χ4v) is 5.59. The van der Waals surface area contributed by atoms with Crippen molar-refractivity contribution in [2.45, 2.75) is 33.6 Å². The van der Waals surface area contributed by atoms with Gasteiger partial charge in [-0.25, -0.2) is 0 Å². The van der Waals surface area contributed by atoms with E-state index in [0.29, 0.717) is 31.4 Å². The molecule has 0 bridgehead atoms. The maximum atomic E-state index is 13.8. The van der Waals surface area contributed by atoms with Gasteiger partial charge >= 0.3 is 0 Å². The van der Waals surface area contributed by atoms with Gasteiger partial charge in [0.2, 0.25) is 5.78 Å². The smallest absolute Gasteiger partial charge is 0.273 e. The Bertz CT molecular complexity index is 1730. The van der Waals surface area contributed by atoms with Gasteiger partial charge in [-0.2, -0.15) is 5.26 Å². The summed E-state index contributed by atoms with van der Waals surface area (Å²) in [5.41, 5.74) is 4.13. The lowest BCUT2D eigenvalue weighted by molar-refractivity contribution is 0.105. The van der Waals surface area contributed by atoms with Crippen LogP contribution in [0.15, 0.2) is 65.5 Å². The largest absolute Gasteiger partial charge is 0.288 e. The summed E-state index contributed by atoms with van der Waals surface area (Å²) in [6.45, 7) is 5.91. The van der Waals surface area contributed by atoms with Crippen molar-refractivity contribution in [1.82, 2.24) is 4.57 Å². The number of nitriles is 1. The molecule has 0 saturated carbocycles. The van der Waals surface area contributed by atoms with Gasteiger partial charge in [-0.1, -0.05) is 79.0 Å². The van der Waals surface area contributed by atoms with E-state index in [1.165, 1.54) is 4.57 Å². The van der Waals surface area contributed by atoms with Crippen LogP contribution in [0, 0.1) is 25.2 Å². The van der Waals surface area contributed by atoms with Gasteiger partial charge in [0.05, 0.1) is 10.2 Å². The number of carbonyl (C=O) groups is 1. The SMILES string of the molecule is CCCc1ccc(C(=O)C(C#N)=c2sc(=Cc3ccc(Cl)cc3Cl)c(=O)n2-c2cc(C)ccc2C)cc1. The van der Waals surface area contributed by atoms with Crippen LogP contribution in [0.4, 0.5) is 0 Å². The van der Waals surface area contributed by atoms with Gasteiger partial charge in [-0.3, -0.25) is 14.2 Å². The molecule has 0 atom stereocenters. The van der Waals surface area contributed by atoms with Crippen molar-refractivity contribution in [2.75, 3.05) is 0 Å². The number of benzene rings is 3. The zero-order valence-corrected chi connectivity index (χ0v) is 23.0. The number of aromatic nitrogens is 1. The zero-order chi connectivity index (χ0) is 26.7. The number of hydrogen-bond acceptors (Lipinski definition) is 4. The molecule has 4 aromatic rings. The van der Waals surface area contributed by atoms with Crippen LogP contribution in [0.5, 0.6) is 0 Å². The Balaban J connectivity index is 2.04. The number of halogens is 2. The molecule has 4 nitrogen and oxygen atoms in total. The molecule has 0 N–H and O–H groups in total. The fourth-order valence-electron chi connectivity index (χ4n) is 4.04. The first-order valence-electron chi connectivity index (χ1n) is 11.8. The molecule has 0 aliphatic carbocycles. The van der Waals surface area contributed by atoms with Crippen LogP contribution in [0.3, 0.4) is 0 Å². The van der Waals surface area contributed by atoms with Crippen LogP contribution >= 0.6 is 34.5 Å². The quantitative estimate of drug-likeness (QED) is 0.272. The molecule has 7 heteroatoms. The normalized spacial score (nSPS) is 12.4. The van der Waals surface area contributed by atoms with E-state index in [0.717, 1.165) is 40.9 Å². The molecule has 3 aromatic carbocycles. The molecule has 0 aliphatic rings. The Labute approximate surface area is 229 Å². The highest BCUT2D eigenvalue weighted by Gasteiger charge is 2.19. The second-order valence-electron chi connectivity index (χ2n) is 8.77. The molecule has 1 heterocycles. The van der Waals surface area contributed by atoms with E-state index in [1.807, 2.05) is 44.2 Å². The number of thiazole rings is 1. The molecule has 0 radical (unpaired) electrons. The van der Waals surface area contributed by atoms with E-state index >= 15 is 0 Å². The number of rotatable bonds is 6. The van der Waals surface area contributed by atoms with Gasteiger partial charge in [-0.15, -0.1) is 11.3 Å². The third-order valence-corrected chi connectivity index (χ3v) is 7.64. The van der Waals surface area contributed by atoms with Gasteiger partial charge in [0.1, 0.15) is 16.3 Å². The lowest BCUT2D eigenvalue weighted by Gasteiger charge is -2.09. The second-order valence-corrected chi connectivity index (χ2v) is 10.6. The number of carbonyl (C=O) groups excluding carboxylic acids is 1. The first-order chi connectivity index (χ1) is 17.7. The Kier molecular flexibility index (Phi) is 8.14. The van der Waals surface area contributed by atoms with Crippen LogP contribution in [0.1, 0.15) is 46.0 Å². The molecule has 0 unspecified atom stereocenters. The van der Waals surface area contributed by atoms with E-state index in [4.69, 9.17) is 23.2 Å². The summed E-state index contributed by atoms with van der Waals surface area (Å²) >= 11 is 13.5. The van der Waals surface area contributed by atoms with Crippen molar-refractivity contribution in [2.24, 2.45) is 0 Å². The third-order valence-electron chi connectivity index (χ3n) is 5.99. The molecule has 0 spiro atoms. The maximum Gasteiger partial charge on any atom is 0.273 e. The molecular weight excluding hydrogens is 523 g/mol. The molecule has 186 valence electrons. The lowest BCUT2D eigenvalue weighted by atomic mass is 10.0. The zero-order valence-electron chi connectivity index (χ0n) is 20.6. The van der Waals surface area contributed by atoms with Crippen molar-refractivity contribution in [3.8, 4) is 11.8 Å². The minimum absolute atomic E-state index is 0.0897. The van der Waals surface area contributed by atoms with Gasteiger partial charge in [0.25, 0.3) is 5.56 Å². The van der Waals surface area contributed by atoms with E-state index in [-0.39, 0.29) is 15.8 Å². The predicted octanol–water partition coefficient (Wildman–Crippen LogP) is 6.16. The Morgan fingerprint density at radius 3 is 2.43 bits per heavy atom. The van der Waals surface area contributed by atoms with Crippen molar-refractivity contribution in [1.29, 1.82) is 5.26 Å². The van der Waals surface area contributed by atoms with Crippen LogP contribution in [0.2, 0.25) is 10.0 Å². The molecule has 0 amide bonds. The molecular formula is C30H24Cl2N2O2S. The monoisotopic (exact) mass is 546 g/mol. The highest BCUT2D eigenvalue weighted by Crippen LogP contribution is 2.21. The van der Waals surface area contributed by atoms with Crippen LogP contribution in [-0.2, 0) is 6.42 Å². The molecule has 0 saturated heterocycles. The number of Topliss-reactive ketones (excluding diaryl/α,β-unsaturated/α-hetero) is 1. The van der Waals surface area contributed by atoms with Crippen molar-refractivity contribution in [3.63, 3.8) is 0 Å². The van der Waals surface area contributed by atoms with Gasteiger partial charge in [0.15, 0.2) is 0 Å². The Morgan fingerprint density at radius 2 is 1.78 bits per heavy atom. The van der Waals surface area contributed by atoms with E-state index in [2.05, 4.69) is 13.0 Å². The lowest BCUT2D eigenvalue weighted by Crippen LogP contribution is -2.32. The molecule has 4 rings (SSSR count). The average molecular weight is 548 g/mol. The van der Waals surface area contributed by atoms with Gasteiger partial charge in [0, 0.05) is 15.6 Å². The van der Waals surface area contributed by atoms with E-state index < -0.39 is 5.78 Å². The number of ketones is 1. The number of hydrogen-bond donors (Lipinski definition) is 0. The fraction of sp³-hybridized carbons (Fsp3) is 0.167. The van der Waals surface area contributed by atoms with E-state index in [1.54, 1.807) is 36.4 Å². The summed E-state index contributed by atoms with van der Waals surface area (Å²) in [4.78, 5) is 27.3. The highest BCUT2D eigenvalue weighted by atomic mass is 35.5. The first-order valence-corrected chi connectivity index (χ1v) is 13.3. The number of aryl methyl sites for hydroxylation is 3. The average Bonchev–Trinajstić information content (AvgIpc) is 3.18. The summed E-state index contributed by atoms with van der Waals surface area (Å²) in [6.07, 6.45) is 3.57. The molecule has 0 aliphatic heterocycles. The van der Waals surface area contributed by atoms with Crippen LogP contribution in [-0.4, -0.2) is 10.4 Å². The summed E-state index contributed by atoms with van der Waals surface area (Å²) in [7, 11) is 0. The van der Waals surface area contributed by atoms with Crippen LogP contribution in [0.25, 0.3) is 17.3 Å². The van der Waals surface area contributed by atoms with Crippen molar-refractivity contribution < 1.29 is 4.79 Å². The summed E-state index contributed by atoms with van der Waals surface area (Å²) in [6, 6.07) is 20.1. The van der Waals surface area contributed by atoms with Crippen LogP contribution < -0.4 is 14.8 Å². The third kappa shape index (κ3) is 5.62. The summed E-state index contributed by atoms with van der Waals surface area (Å²) in [5.74, 6) is -0.429. The molecule has 37 heavy (non-hydrogen) atoms. The van der Waals surface area contributed by atoms with E-state index in [9.17, 15) is 14.9 Å². The Hall–Kier alpha value is -3.43. The molecule has 1 aromatic heterocycles. The predicted molar refractivity (Wildman–Crippen MR) is 152 cm³/mol. The number of nitrogens with zero attached hydrogens (tertiary/aromatic N) is 2. The highest BCUT2D eigenvalue weighted by molar-refractivity contribution is 7.07. The summed E-state index contributed by atoms with van der Waals surface area (Å²) in [5, 5.41) is 11.0. The van der Waals surface area contributed by atoms with Gasteiger partial charge < -0.3 is 0 Å². The summed E-state index contributed by atoms with van der Waals surface area (Å²) < 4.78 is 2.09. The first kappa shape index (κ1) is 26.6. The standard InChI is InChI=1S/C30H24Cl2N2O2S/c1-4-5-20-8-10-21(11-9-20)28(35)24(17-33)30-34(26-14-18(2)6-7-19(26)3)29(36)27(37-30)15-22-12-13-23(31)16-25(22)32/h6-16H,4-5H2,1-3H3. The van der Waals surface area contributed by atoms with Crippen molar-refractivity contribution >= 4 is 52.0 Å². The second kappa shape index (κ2) is 11.3. The Morgan fingerprint density at radius 1 is 1.05 bits per heavy atom. The topological polar surface area (TPSA) is 62.9 Å². The molecule has 0 fully saturated rings. The van der Waals surface area contributed by atoms with Gasteiger partial charge in [-0.05, 0) is 66.8 Å². The maximum absolute atomic E-state index is 13.8. The minimum Gasteiger partial charge on any atom is -0.288 e. The minimum atomic E-state index is -0.429.